The molecule has 0 fully saturated rings. The van der Waals surface area contributed by atoms with Crippen molar-refractivity contribution >= 4 is 16.8 Å². The fraction of sp³-hybridized carbons (Fsp3) is 0.316. The van der Waals surface area contributed by atoms with E-state index in [-0.39, 0.29) is 24.6 Å². The highest BCUT2D eigenvalue weighted by Gasteiger charge is 2.24. The molecular weight excluding hydrogens is 334 g/mol. The number of nitrogens with zero attached hydrogens (tertiary/aromatic N) is 2. The van der Waals surface area contributed by atoms with Crippen LogP contribution in [0.2, 0.25) is 0 Å². The number of para-hydroxylation sites is 1. The number of rotatable bonds is 6. The molecule has 7 nitrogen and oxygen atoms in total. The van der Waals surface area contributed by atoms with Crippen molar-refractivity contribution in [3.8, 4) is 0 Å². The zero-order valence-electron chi connectivity index (χ0n) is 14.8. The minimum atomic E-state index is -0.722. The van der Waals surface area contributed by atoms with E-state index < -0.39 is 11.7 Å². The molecule has 0 saturated heterocycles. The fourth-order valence-corrected chi connectivity index (χ4v) is 3.10. The van der Waals surface area contributed by atoms with Gasteiger partial charge in [0.25, 0.3) is 5.56 Å². The molecule has 1 aromatic carbocycles. The number of carbonyl (C=O) groups is 1. The molecule has 1 N–H and O–H groups in total. The van der Waals surface area contributed by atoms with Gasteiger partial charge in [0.2, 0.25) is 5.91 Å². The number of amides is 1. The molecule has 26 heavy (non-hydrogen) atoms. The van der Waals surface area contributed by atoms with Crippen molar-refractivity contribution in [2.75, 3.05) is 0 Å². The van der Waals surface area contributed by atoms with Gasteiger partial charge in [0, 0.05) is 6.54 Å². The minimum Gasteiger partial charge on any atom is -0.467 e. The van der Waals surface area contributed by atoms with E-state index in [0.717, 1.165) is 4.57 Å². The van der Waals surface area contributed by atoms with E-state index in [1.807, 2.05) is 6.92 Å². The van der Waals surface area contributed by atoms with Crippen LogP contribution in [0.15, 0.2) is 56.7 Å². The number of fused-ring (bicyclic) bond motifs is 1. The van der Waals surface area contributed by atoms with Gasteiger partial charge in [-0.2, -0.15) is 0 Å². The van der Waals surface area contributed by atoms with Crippen LogP contribution in [0.1, 0.15) is 32.1 Å². The highest BCUT2D eigenvalue weighted by Crippen LogP contribution is 2.16. The molecule has 0 unspecified atom stereocenters. The Morgan fingerprint density at radius 3 is 2.58 bits per heavy atom. The molecule has 2 aromatic heterocycles. The molecular formula is C19H21N3O4. The van der Waals surface area contributed by atoms with E-state index in [2.05, 4.69) is 5.32 Å². The van der Waals surface area contributed by atoms with Gasteiger partial charge in [-0.3, -0.25) is 18.7 Å². The topological polar surface area (TPSA) is 86.2 Å². The molecule has 1 atom stereocenters. The predicted molar refractivity (Wildman–Crippen MR) is 98.0 cm³/mol. The van der Waals surface area contributed by atoms with Crippen LogP contribution in [0, 0.1) is 0 Å². The van der Waals surface area contributed by atoms with E-state index in [4.69, 9.17) is 4.42 Å². The summed E-state index contributed by atoms with van der Waals surface area (Å²) in [7, 11) is 0. The number of furan rings is 1. The van der Waals surface area contributed by atoms with E-state index in [1.54, 1.807) is 43.3 Å². The first-order valence-corrected chi connectivity index (χ1v) is 8.62. The fourth-order valence-electron chi connectivity index (χ4n) is 3.10. The molecule has 3 rings (SSSR count). The zero-order valence-corrected chi connectivity index (χ0v) is 14.8. The predicted octanol–water partition coefficient (Wildman–Crippen LogP) is 2.04. The van der Waals surface area contributed by atoms with Crippen LogP contribution in [0.5, 0.6) is 0 Å². The molecule has 7 heteroatoms. The molecule has 2 heterocycles. The normalized spacial score (nSPS) is 12.2. The maximum atomic E-state index is 12.9. The number of benzene rings is 1. The lowest BCUT2D eigenvalue weighted by molar-refractivity contribution is -0.124. The summed E-state index contributed by atoms with van der Waals surface area (Å²) < 4.78 is 7.79. The maximum Gasteiger partial charge on any atom is 0.332 e. The van der Waals surface area contributed by atoms with Crippen LogP contribution < -0.4 is 16.6 Å². The van der Waals surface area contributed by atoms with Gasteiger partial charge in [-0.25, -0.2) is 4.79 Å². The van der Waals surface area contributed by atoms with Crippen molar-refractivity contribution in [1.82, 2.24) is 14.5 Å². The lowest BCUT2D eigenvalue weighted by Gasteiger charge is -2.21. The summed E-state index contributed by atoms with van der Waals surface area (Å²) >= 11 is 0. The second-order valence-electron chi connectivity index (χ2n) is 5.94. The summed E-state index contributed by atoms with van der Waals surface area (Å²) in [5.41, 5.74) is -0.349. The number of hydrogen-bond donors (Lipinski definition) is 1. The van der Waals surface area contributed by atoms with Crippen LogP contribution in [-0.2, 0) is 17.9 Å². The Morgan fingerprint density at radius 1 is 1.15 bits per heavy atom. The van der Waals surface area contributed by atoms with Crippen molar-refractivity contribution in [2.24, 2.45) is 0 Å². The first kappa shape index (κ1) is 17.7. The number of hydrogen-bond acceptors (Lipinski definition) is 4. The van der Waals surface area contributed by atoms with Gasteiger partial charge >= 0.3 is 5.69 Å². The molecule has 0 aliphatic rings. The van der Waals surface area contributed by atoms with E-state index in [1.165, 1.54) is 10.8 Å². The van der Waals surface area contributed by atoms with Crippen LogP contribution in [0.25, 0.3) is 10.9 Å². The van der Waals surface area contributed by atoms with Crippen molar-refractivity contribution in [3.63, 3.8) is 0 Å². The lowest BCUT2D eigenvalue weighted by atomic mass is 10.1. The minimum absolute atomic E-state index is 0.239. The van der Waals surface area contributed by atoms with E-state index in [0.29, 0.717) is 23.1 Å². The van der Waals surface area contributed by atoms with Crippen LogP contribution in [-0.4, -0.2) is 15.0 Å². The van der Waals surface area contributed by atoms with Crippen LogP contribution in [0.3, 0.4) is 0 Å². The van der Waals surface area contributed by atoms with E-state index in [9.17, 15) is 14.4 Å². The SMILES string of the molecule is CC[C@H](C(=O)NCc1ccco1)n1c(=O)n(CC)c(=O)c2ccccc21. The average molecular weight is 355 g/mol. The van der Waals surface area contributed by atoms with Crippen molar-refractivity contribution in [3.05, 3.63) is 69.3 Å². The molecule has 0 saturated carbocycles. The van der Waals surface area contributed by atoms with Gasteiger partial charge in [-0.05, 0) is 37.6 Å². The Labute approximate surface area is 149 Å². The van der Waals surface area contributed by atoms with Crippen molar-refractivity contribution in [1.29, 1.82) is 0 Å². The molecule has 136 valence electrons. The second-order valence-corrected chi connectivity index (χ2v) is 5.94. The summed E-state index contributed by atoms with van der Waals surface area (Å²) in [5.74, 6) is 0.335. The molecule has 0 bridgehead atoms. The average Bonchev–Trinajstić information content (AvgIpc) is 3.17. The number of nitrogens with one attached hydrogen (secondary N) is 1. The zero-order chi connectivity index (χ0) is 18.7. The van der Waals surface area contributed by atoms with Gasteiger partial charge in [-0.1, -0.05) is 19.1 Å². The van der Waals surface area contributed by atoms with Gasteiger partial charge in [0.1, 0.15) is 11.8 Å². The van der Waals surface area contributed by atoms with Gasteiger partial charge in [0.15, 0.2) is 0 Å². The third kappa shape index (κ3) is 3.08. The number of aromatic nitrogens is 2. The quantitative estimate of drug-likeness (QED) is 0.733. The highest BCUT2D eigenvalue weighted by atomic mass is 16.3. The first-order chi connectivity index (χ1) is 12.6. The summed E-state index contributed by atoms with van der Waals surface area (Å²) in [6, 6.07) is 9.65. The molecule has 0 spiro atoms. The Morgan fingerprint density at radius 2 is 1.92 bits per heavy atom. The Kier molecular flexibility index (Phi) is 5.06. The molecule has 0 radical (unpaired) electrons. The smallest absolute Gasteiger partial charge is 0.332 e. The Balaban J connectivity index is 2.08. The molecule has 3 aromatic rings. The molecule has 0 aliphatic heterocycles. The Bertz CT molecular complexity index is 1030. The van der Waals surface area contributed by atoms with Crippen molar-refractivity contribution < 1.29 is 9.21 Å². The lowest BCUT2D eigenvalue weighted by Crippen LogP contribution is -2.44. The van der Waals surface area contributed by atoms with Gasteiger partial charge < -0.3 is 9.73 Å². The highest BCUT2D eigenvalue weighted by molar-refractivity contribution is 5.84. The third-order valence-electron chi connectivity index (χ3n) is 4.41. The number of carbonyl (C=O) groups excluding carboxylic acids is 1. The van der Waals surface area contributed by atoms with Gasteiger partial charge in [0.05, 0.1) is 23.7 Å². The van der Waals surface area contributed by atoms with E-state index >= 15 is 0 Å². The summed E-state index contributed by atoms with van der Waals surface area (Å²) in [6.07, 6.45) is 1.95. The Hall–Kier alpha value is -3.09. The molecule has 0 aliphatic carbocycles. The monoisotopic (exact) mass is 355 g/mol. The largest absolute Gasteiger partial charge is 0.467 e. The molecule has 1 amide bonds. The van der Waals surface area contributed by atoms with Crippen LogP contribution in [0.4, 0.5) is 0 Å². The second kappa shape index (κ2) is 7.43. The summed E-state index contributed by atoms with van der Waals surface area (Å²) in [6.45, 7) is 4.05. The summed E-state index contributed by atoms with van der Waals surface area (Å²) in [5, 5.41) is 3.22. The van der Waals surface area contributed by atoms with Crippen LogP contribution >= 0.6 is 0 Å². The summed E-state index contributed by atoms with van der Waals surface area (Å²) in [4.78, 5) is 38.2. The van der Waals surface area contributed by atoms with Gasteiger partial charge in [-0.15, -0.1) is 0 Å². The standard InChI is InChI=1S/C19H21N3O4/c1-3-15(17(23)20-12-13-8-7-11-26-13)22-16-10-6-5-9-14(16)18(24)21(4-2)19(22)25/h5-11,15H,3-4,12H2,1-2H3,(H,20,23)/t15-/m1/s1. The maximum absolute atomic E-state index is 12.9. The van der Waals surface area contributed by atoms with Crippen molar-refractivity contribution in [2.45, 2.75) is 39.4 Å². The third-order valence-corrected chi connectivity index (χ3v) is 4.41. The first-order valence-electron chi connectivity index (χ1n) is 8.62.